The number of nitrogens with one attached hydrogen (secondary N) is 2. The molecule has 0 bridgehead atoms. The van der Waals surface area contributed by atoms with Crippen LogP contribution in [0.25, 0.3) is 0 Å². The van der Waals surface area contributed by atoms with Crippen LogP contribution >= 0.6 is 0 Å². The molecule has 2 amide bonds. The molecule has 7 heteroatoms. The molecule has 2 aliphatic rings. The van der Waals surface area contributed by atoms with Gasteiger partial charge in [-0.15, -0.1) is 0 Å². The van der Waals surface area contributed by atoms with Gasteiger partial charge in [-0.2, -0.15) is 15.4 Å². The van der Waals surface area contributed by atoms with Gasteiger partial charge in [-0.05, 0) is 37.8 Å². The Morgan fingerprint density at radius 1 is 1.24 bits per heavy atom. The minimum absolute atomic E-state index is 0.0590. The smallest absolute Gasteiger partial charge is 0.249 e. The van der Waals surface area contributed by atoms with Crippen LogP contribution in [-0.4, -0.2) is 39.8 Å². The topological polar surface area (TPSA) is 91.0 Å². The molecule has 0 saturated carbocycles. The van der Waals surface area contributed by atoms with Crippen molar-refractivity contribution >= 4 is 17.5 Å². The minimum atomic E-state index is -0.544. The lowest BCUT2D eigenvalue weighted by molar-refractivity contribution is -0.130. The molecule has 1 aromatic heterocycles. The van der Waals surface area contributed by atoms with Gasteiger partial charge in [-0.25, -0.2) is 0 Å². The number of fused-ring (bicyclic) bond motifs is 2. The number of benzene rings is 1. The molecule has 2 aromatic rings. The Bertz CT molecular complexity index is 815. The third-order valence-electron chi connectivity index (χ3n) is 5.13. The molecule has 0 saturated heterocycles. The van der Waals surface area contributed by atoms with Crippen molar-refractivity contribution in [3.05, 3.63) is 41.2 Å². The Hall–Kier alpha value is -2.70. The highest BCUT2D eigenvalue weighted by atomic mass is 16.2. The second-order valence-electron chi connectivity index (χ2n) is 6.76. The van der Waals surface area contributed by atoms with Crippen LogP contribution < -0.4 is 10.2 Å². The van der Waals surface area contributed by atoms with Gasteiger partial charge < -0.3 is 10.2 Å². The summed E-state index contributed by atoms with van der Waals surface area (Å²) in [4.78, 5) is 27.1. The Morgan fingerprint density at radius 2 is 2.04 bits per heavy atom. The van der Waals surface area contributed by atoms with Gasteiger partial charge in [0.1, 0.15) is 6.04 Å². The van der Waals surface area contributed by atoms with Crippen LogP contribution in [0, 0.1) is 5.92 Å². The fraction of sp³-hybridized carbons (Fsp3) is 0.444. The fourth-order valence-electron chi connectivity index (χ4n) is 3.70. The number of aromatic nitrogens is 3. The quantitative estimate of drug-likeness (QED) is 0.873. The molecule has 2 atom stereocenters. The van der Waals surface area contributed by atoms with E-state index in [0.717, 1.165) is 36.3 Å². The van der Waals surface area contributed by atoms with Gasteiger partial charge in [0.15, 0.2) is 0 Å². The maximum Gasteiger partial charge on any atom is 0.249 e. The number of rotatable bonds is 3. The number of para-hydroxylation sites is 1. The number of carbonyl (C=O) groups is 2. The van der Waals surface area contributed by atoms with Crippen LogP contribution in [0.1, 0.15) is 30.3 Å². The van der Waals surface area contributed by atoms with E-state index in [1.807, 2.05) is 24.3 Å². The van der Waals surface area contributed by atoms with E-state index in [2.05, 4.69) is 20.7 Å². The highest BCUT2D eigenvalue weighted by Crippen LogP contribution is 2.28. The van der Waals surface area contributed by atoms with E-state index in [0.29, 0.717) is 13.0 Å². The summed E-state index contributed by atoms with van der Waals surface area (Å²) < 4.78 is 0. The first-order valence-corrected chi connectivity index (χ1v) is 8.71. The van der Waals surface area contributed by atoms with E-state index < -0.39 is 6.04 Å². The molecule has 130 valence electrons. The number of anilines is 1. The highest BCUT2D eigenvalue weighted by molar-refractivity contribution is 6.00. The number of hydrogen-bond acceptors (Lipinski definition) is 4. The predicted molar refractivity (Wildman–Crippen MR) is 92.0 cm³/mol. The summed E-state index contributed by atoms with van der Waals surface area (Å²) in [5.74, 6) is -0.295. The van der Waals surface area contributed by atoms with Crippen molar-refractivity contribution < 1.29 is 9.59 Å². The molecular weight excluding hydrogens is 318 g/mol. The average molecular weight is 339 g/mol. The van der Waals surface area contributed by atoms with Crippen molar-refractivity contribution in [2.45, 2.75) is 38.6 Å². The van der Waals surface area contributed by atoms with Gasteiger partial charge in [0.05, 0.1) is 11.4 Å². The maximum atomic E-state index is 12.8. The first kappa shape index (κ1) is 15.8. The highest BCUT2D eigenvalue weighted by Gasteiger charge is 2.32. The van der Waals surface area contributed by atoms with Crippen molar-refractivity contribution in [3.8, 4) is 0 Å². The second kappa shape index (κ2) is 6.31. The molecule has 25 heavy (non-hydrogen) atoms. The van der Waals surface area contributed by atoms with Gasteiger partial charge >= 0.3 is 0 Å². The summed E-state index contributed by atoms with van der Waals surface area (Å²) in [6.07, 6.45) is 2.91. The van der Waals surface area contributed by atoms with Crippen LogP contribution in [0.3, 0.4) is 0 Å². The molecule has 0 unspecified atom stereocenters. The summed E-state index contributed by atoms with van der Waals surface area (Å²) >= 11 is 0. The number of aryl methyl sites for hydroxylation is 1. The van der Waals surface area contributed by atoms with Crippen LogP contribution in [0.4, 0.5) is 5.69 Å². The van der Waals surface area contributed by atoms with Crippen LogP contribution in [0.2, 0.25) is 0 Å². The molecule has 1 aromatic carbocycles. The molecule has 4 rings (SSSR count). The number of nitrogens with zero attached hydrogens (tertiary/aromatic N) is 3. The van der Waals surface area contributed by atoms with E-state index in [-0.39, 0.29) is 17.7 Å². The van der Waals surface area contributed by atoms with Gasteiger partial charge in [-0.3, -0.25) is 9.59 Å². The summed E-state index contributed by atoms with van der Waals surface area (Å²) in [5.41, 5.74) is 3.94. The molecule has 1 aliphatic carbocycles. The van der Waals surface area contributed by atoms with Crippen molar-refractivity contribution in [3.63, 3.8) is 0 Å². The van der Waals surface area contributed by atoms with E-state index in [9.17, 15) is 9.59 Å². The van der Waals surface area contributed by atoms with Crippen molar-refractivity contribution in [2.75, 3.05) is 11.4 Å². The van der Waals surface area contributed by atoms with Crippen LogP contribution in [0.15, 0.2) is 24.3 Å². The maximum absolute atomic E-state index is 12.8. The van der Waals surface area contributed by atoms with Gasteiger partial charge in [0.2, 0.25) is 11.8 Å². The largest absolute Gasteiger partial charge is 0.344 e. The first-order chi connectivity index (χ1) is 12.1. The van der Waals surface area contributed by atoms with E-state index in [1.165, 1.54) is 5.56 Å². The Labute approximate surface area is 145 Å². The normalized spacial score (nSPS) is 19.9. The number of H-pyrrole nitrogens is 1. The van der Waals surface area contributed by atoms with Gasteiger partial charge in [0.25, 0.3) is 0 Å². The lowest BCUT2D eigenvalue weighted by Crippen LogP contribution is -2.48. The molecule has 0 radical (unpaired) electrons. The lowest BCUT2D eigenvalue weighted by Gasteiger charge is -2.25. The number of carbonyl (C=O) groups excluding carboxylic acids is 2. The zero-order valence-electron chi connectivity index (χ0n) is 14.2. The first-order valence-electron chi connectivity index (χ1n) is 8.71. The predicted octanol–water partition coefficient (Wildman–Crippen LogP) is 1.00. The SMILES string of the molecule is C[C@@H](NC(=O)[C@@H]1CCc2n[nH]nc2C1)C(=O)N1CCc2ccccc21. The standard InChI is InChI=1S/C18H21N5O2/c1-11(18(25)23-9-8-12-4-2-3-5-16(12)23)19-17(24)13-6-7-14-15(10-13)21-22-20-14/h2-5,11,13H,6-10H2,1H3,(H,19,24)(H,20,21,22)/t11-,13-/m1/s1. The van der Waals surface area contributed by atoms with E-state index >= 15 is 0 Å². The zero-order valence-corrected chi connectivity index (χ0v) is 14.2. The van der Waals surface area contributed by atoms with Crippen LogP contribution in [0.5, 0.6) is 0 Å². The van der Waals surface area contributed by atoms with E-state index in [4.69, 9.17) is 0 Å². The van der Waals surface area contributed by atoms with Crippen molar-refractivity contribution in [2.24, 2.45) is 5.92 Å². The summed E-state index contributed by atoms with van der Waals surface area (Å²) in [6.45, 7) is 2.43. The monoisotopic (exact) mass is 339 g/mol. The third-order valence-corrected chi connectivity index (χ3v) is 5.13. The molecule has 2 heterocycles. The molecule has 1 aliphatic heterocycles. The Morgan fingerprint density at radius 3 is 2.92 bits per heavy atom. The number of amides is 2. The Kier molecular flexibility index (Phi) is 3.99. The molecular formula is C18H21N5O2. The zero-order chi connectivity index (χ0) is 17.4. The van der Waals surface area contributed by atoms with E-state index in [1.54, 1.807) is 11.8 Å². The van der Waals surface area contributed by atoms with Gasteiger partial charge in [0, 0.05) is 24.6 Å². The molecule has 2 N–H and O–H groups in total. The lowest BCUT2D eigenvalue weighted by atomic mass is 9.89. The summed E-state index contributed by atoms with van der Waals surface area (Å²) in [7, 11) is 0. The third kappa shape index (κ3) is 2.90. The summed E-state index contributed by atoms with van der Waals surface area (Å²) in [5, 5.41) is 13.7. The Balaban J connectivity index is 1.40. The number of hydrogen-bond donors (Lipinski definition) is 2. The molecule has 0 fully saturated rings. The van der Waals surface area contributed by atoms with Crippen molar-refractivity contribution in [1.82, 2.24) is 20.7 Å². The van der Waals surface area contributed by atoms with Crippen LogP contribution in [-0.2, 0) is 28.9 Å². The molecule has 0 spiro atoms. The second-order valence-corrected chi connectivity index (χ2v) is 6.76. The number of aromatic amines is 1. The summed E-state index contributed by atoms with van der Waals surface area (Å²) in [6, 6.07) is 7.38. The van der Waals surface area contributed by atoms with Gasteiger partial charge in [-0.1, -0.05) is 18.2 Å². The van der Waals surface area contributed by atoms with Crippen molar-refractivity contribution in [1.29, 1.82) is 0 Å². The minimum Gasteiger partial charge on any atom is -0.344 e. The average Bonchev–Trinajstić information content (AvgIpc) is 3.26. The molecule has 7 nitrogen and oxygen atoms in total. The fourth-order valence-corrected chi connectivity index (χ4v) is 3.70.